The molecule has 0 saturated carbocycles. The average Bonchev–Trinajstić information content (AvgIpc) is 3.03. The summed E-state index contributed by atoms with van der Waals surface area (Å²) in [5.74, 6) is 0.325. The SMILES string of the molecule is O=C(COc1ccc(Br)cc1Br)Nc1nc(-c2ccc(Cl)cc2)cs1. The quantitative estimate of drug-likeness (QED) is 0.465. The molecule has 25 heavy (non-hydrogen) atoms. The third kappa shape index (κ3) is 5.04. The van der Waals surface area contributed by atoms with Crippen molar-refractivity contribution in [3.8, 4) is 17.0 Å². The first-order valence-electron chi connectivity index (χ1n) is 7.10. The molecule has 0 aliphatic carbocycles. The van der Waals surface area contributed by atoms with Crippen molar-refractivity contribution in [2.75, 3.05) is 11.9 Å². The maximum atomic E-state index is 12.0. The molecule has 3 aromatic rings. The molecule has 8 heteroatoms. The monoisotopic (exact) mass is 500 g/mol. The smallest absolute Gasteiger partial charge is 0.264 e. The van der Waals surface area contributed by atoms with E-state index in [-0.39, 0.29) is 12.5 Å². The lowest BCUT2D eigenvalue weighted by atomic mass is 10.2. The van der Waals surface area contributed by atoms with Crippen LogP contribution in [0.1, 0.15) is 0 Å². The van der Waals surface area contributed by atoms with Crippen LogP contribution in [0.5, 0.6) is 5.75 Å². The molecule has 0 saturated heterocycles. The van der Waals surface area contributed by atoms with Crippen LogP contribution >= 0.6 is 54.8 Å². The molecular weight excluding hydrogens is 492 g/mol. The van der Waals surface area contributed by atoms with Gasteiger partial charge in [0, 0.05) is 20.4 Å². The van der Waals surface area contributed by atoms with E-state index in [1.165, 1.54) is 11.3 Å². The molecule has 0 aliphatic heterocycles. The average molecular weight is 503 g/mol. The van der Waals surface area contributed by atoms with Crippen LogP contribution in [-0.4, -0.2) is 17.5 Å². The van der Waals surface area contributed by atoms with E-state index >= 15 is 0 Å². The molecule has 128 valence electrons. The molecule has 0 unspecified atom stereocenters. The van der Waals surface area contributed by atoms with E-state index in [9.17, 15) is 4.79 Å². The Labute approximate surface area is 170 Å². The number of thiazole rings is 1. The first kappa shape index (κ1) is 18.4. The second kappa shape index (κ2) is 8.31. The zero-order valence-electron chi connectivity index (χ0n) is 12.6. The summed E-state index contributed by atoms with van der Waals surface area (Å²) >= 11 is 14.0. The summed E-state index contributed by atoms with van der Waals surface area (Å²) in [7, 11) is 0. The van der Waals surface area contributed by atoms with Crippen LogP contribution in [0.15, 0.2) is 56.8 Å². The molecule has 0 bridgehead atoms. The lowest BCUT2D eigenvalue weighted by Crippen LogP contribution is -2.20. The Morgan fingerprint density at radius 3 is 2.68 bits per heavy atom. The first-order valence-corrected chi connectivity index (χ1v) is 9.95. The molecule has 0 atom stereocenters. The van der Waals surface area contributed by atoms with Gasteiger partial charge in [-0.15, -0.1) is 11.3 Å². The van der Waals surface area contributed by atoms with Crippen molar-refractivity contribution in [1.29, 1.82) is 0 Å². The predicted molar refractivity (Wildman–Crippen MR) is 109 cm³/mol. The number of carbonyl (C=O) groups is 1. The third-order valence-corrected chi connectivity index (χ3v) is 5.27. The van der Waals surface area contributed by atoms with Crippen LogP contribution < -0.4 is 10.1 Å². The highest BCUT2D eigenvalue weighted by Crippen LogP contribution is 2.28. The summed E-state index contributed by atoms with van der Waals surface area (Å²) < 4.78 is 7.21. The summed E-state index contributed by atoms with van der Waals surface area (Å²) in [6.45, 7) is -0.101. The van der Waals surface area contributed by atoms with Crippen LogP contribution in [0.2, 0.25) is 5.02 Å². The number of carbonyl (C=O) groups excluding carboxylic acids is 1. The van der Waals surface area contributed by atoms with Crippen LogP contribution in [-0.2, 0) is 4.79 Å². The molecule has 1 amide bonds. The fourth-order valence-corrected chi connectivity index (χ4v) is 4.00. The Kier molecular flexibility index (Phi) is 6.11. The van der Waals surface area contributed by atoms with E-state index in [2.05, 4.69) is 42.2 Å². The van der Waals surface area contributed by atoms with Gasteiger partial charge in [-0.25, -0.2) is 4.98 Å². The summed E-state index contributed by atoms with van der Waals surface area (Å²) in [6, 6.07) is 12.9. The molecule has 0 aliphatic rings. The molecule has 0 fully saturated rings. The van der Waals surface area contributed by atoms with Gasteiger partial charge in [-0.3, -0.25) is 10.1 Å². The van der Waals surface area contributed by atoms with Gasteiger partial charge in [0.15, 0.2) is 11.7 Å². The highest BCUT2D eigenvalue weighted by molar-refractivity contribution is 9.11. The first-order chi connectivity index (χ1) is 12.0. The largest absolute Gasteiger partial charge is 0.483 e. The predicted octanol–water partition coefficient (Wildman–Crippen LogP) is 6.01. The lowest BCUT2D eigenvalue weighted by Gasteiger charge is -2.08. The standard InChI is InChI=1S/C17H11Br2ClN2O2S/c18-11-3-6-15(13(19)7-11)24-8-16(23)22-17-21-14(9-25-17)10-1-4-12(20)5-2-10/h1-7,9H,8H2,(H,21,22,23). The third-order valence-electron chi connectivity index (χ3n) is 3.14. The minimum Gasteiger partial charge on any atom is -0.483 e. The summed E-state index contributed by atoms with van der Waals surface area (Å²) in [5.41, 5.74) is 1.73. The Morgan fingerprint density at radius 1 is 1.20 bits per heavy atom. The normalized spacial score (nSPS) is 10.5. The second-order valence-corrected chi connectivity index (χ2v) is 8.02. The van der Waals surface area contributed by atoms with Crippen molar-refractivity contribution in [2.45, 2.75) is 0 Å². The molecular formula is C17H11Br2ClN2O2S. The van der Waals surface area contributed by atoms with Gasteiger partial charge in [-0.1, -0.05) is 39.7 Å². The maximum absolute atomic E-state index is 12.0. The fourth-order valence-electron chi connectivity index (χ4n) is 1.98. The number of ether oxygens (including phenoxy) is 1. The van der Waals surface area contributed by atoms with Crippen molar-refractivity contribution in [3.05, 3.63) is 61.8 Å². The minimum atomic E-state index is -0.271. The van der Waals surface area contributed by atoms with Crippen LogP contribution in [0.4, 0.5) is 5.13 Å². The lowest BCUT2D eigenvalue weighted by molar-refractivity contribution is -0.118. The highest BCUT2D eigenvalue weighted by Gasteiger charge is 2.10. The Bertz CT molecular complexity index is 900. The summed E-state index contributed by atoms with van der Waals surface area (Å²) in [4.78, 5) is 16.4. The van der Waals surface area contributed by atoms with Crippen molar-refractivity contribution in [2.24, 2.45) is 0 Å². The van der Waals surface area contributed by atoms with E-state index in [1.54, 1.807) is 18.2 Å². The van der Waals surface area contributed by atoms with Gasteiger partial charge in [-0.2, -0.15) is 0 Å². The van der Waals surface area contributed by atoms with E-state index in [0.717, 1.165) is 20.2 Å². The van der Waals surface area contributed by atoms with Gasteiger partial charge >= 0.3 is 0 Å². The number of amides is 1. The van der Waals surface area contributed by atoms with Gasteiger partial charge in [0.05, 0.1) is 10.2 Å². The number of aromatic nitrogens is 1. The topological polar surface area (TPSA) is 51.2 Å². The second-order valence-electron chi connectivity index (χ2n) is 4.96. The van der Waals surface area contributed by atoms with E-state index < -0.39 is 0 Å². The van der Waals surface area contributed by atoms with Gasteiger partial charge in [0.25, 0.3) is 5.91 Å². The van der Waals surface area contributed by atoms with Crippen molar-refractivity contribution in [1.82, 2.24) is 4.98 Å². The van der Waals surface area contributed by atoms with E-state index in [4.69, 9.17) is 16.3 Å². The zero-order chi connectivity index (χ0) is 17.8. The molecule has 3 rings (SSSR count). The molecule has 1 heterocycles. The Balaban J connectivity index is 1.59. The van der Waals surface area contributed by atoms with E-state index in [0.29, 0.717) is 15.9 Å². The molecule has 2 aromatic carbocycles. The number of rotatable bonds is 5. The number of nitrogens with one attached hydrogen (secondary N) is 1. The van der Waals surface area contributed by atoms with Crippen molar-refractivity contribution >= 4 is 65.8 Å². The zero-order valence-corrected chi connectivity index (χ0v) is 17.4. The van der Waals surface area contributed by atoms with Crippen LogP contribution in [0.25, 0.3) is 11.3 Å². The Hall–Kier alpha value is -1.41. The summed E-state index contributed by atoms with van der Waals surface area (Å²) in [5, 5.41) is 5.81. The van der Waals surface area contributed by atoms with Gasteiger partial charge in [0.1, 0.15) is 5.75 Å². The molecule has 1 aromatic heterocycles. The number of halogens is 3. The summed E-state index contributed by atoms with van der Waals surface area (Å²) in [6.07, 6.45) is 0. The minimum absolute atomic E-state index is 0.101. The molecule has 1 N–H and O–H groups in total. The van der Waals surface area contributed by atoms with Crippen LogP contribution in [0, 0.1) is 0 Å². The fraction of sp³-hybridized carbons (Fsp3) is 0.0588. The number of nitrogens with zero attached hydrogens (tertiary/aromatic N) is 1. The molecule has 0 spiro atoms. The highest BCUT2D eigenvalue weighted by atomic mass is 79.9. The van der Waals surface area contributed by atoms with Gasteiger partial charge in [-0.05, 0) is 46.3 Å². The van der Waals surface area contributed by atoms with Gasteiger partial charge in [0.2, 0.25) is 0 Å². The van der Waals surface area contributed by atoms with Crippen LogP contribution in [0.3, 0.4) is 0 Å². The number of hydrogen-bond donors (Lipinski definition) is 1. The molecule has 4 nitrogen and oxygen atoms in total. The van der Waals surface area contributed by atoms with Crippen molar-refractivity contribution in [3.63, 3.8) is 0 Å². The number of benzene rings is 2. The molecule has 0 radical (unpaired) electrons. The maximum Gasteiger partial charge on any atom is 0.264 e. The number of hydrogen-bond acceptors (Lipinski definition) is 4. The Morgan fingerprint density at radius 2 is 1.96 bits per heavy atom. The van der Waals surface area contributed by atoms with Crippen molar-refractivity contribution < 1.29 is 9.53 Å². The van der Waals surface area contributed by atoms with E-state index in [1.807, 2.05) is 29.6 Å². The number of anilines is 1. The van der Waals surface area contributed by atoms with Gasteiger partial charge < -0.3 is 4.74 Å².